The third-order valence-electron chi connectivity index (χ3n) is 3.14. The van der Waals surface area contributed by atoms with Gasteiger partial charge in [0.15, 0.2) is 0 Å². The molecule has 5 heteroatoms. The maximum atomic E-state index is 11.0. The van der Waals surface area contributed by atoms with Gasteiger partial charge in [0, 0.05) is 24.2 Å². The van der Waals surface area contributed by atoms with E-state index < -0.39 is 0 Å². The van der Waals surface area contributed by atoms with Crippen LogP contribution in [0.25, 0.3) is 22.0 Å². The third kappa shape index (κ3) is 2.81. The molecular formula is C16H14N4O. The summed E-state index contributed by atoms with van der Waals surface area (Å²) >= 11 is 0. The molecular weight excluding hydrogens is 264 g/mol. The highest BCUT2D eigenvalue weighted by Crippen LogP contribution is 2.25. The smallest absolute Gasteiger partial charge is 0.221 e. The van der Waals surface area contributed by atoms with Gasteiger partial charge in [-0.05, 0) is 35.4 Å². The number of amides is 1. The Morgan fingerprint density at radius 2 is 1.81 bits per heavy atom. The molecule has 0 fully saturated rings. The molecule has 0 saturated carbocycles. The molecule has 104 valence electrons. The fourth-order valence-electron chi connectivity index (χ4n) is 2.18. The van der Waals surface area contributed by atoms with Gasteiger partial charge in [-0.25, -0.2) is 9.97 Å². The second kappa shape index (κ2) is 5.20. The Morgan fingerprint density at radius 1 is 1.10 bits per heavy atom. The van der Waals surface area contributed by atoms with E-state index in [1.54, 1.807) is 6.20 Å². The predicted octanol–water partition coefficient (Wildman–Crippen LogP) is 2.84. The molecule has 1 aromatic heterocycles. The highest BCUT2D eigenvalue weighted by atomic mass is 16.1. The van der Waals surface area contributed by atoms with Crippen molar-refractivity contribution in [1.82, 2.24) is 9.97 Å². The maximum absolute atomic E-state index is 11.0. The van der Waals surface area contributed by atoms with E-state index in [-0.39, 0.29) is 11.9 Å². The summed E-state index contributed by atoms with van der Waals surface area (Å²) in [5.41, 5.74) is 9.29. The van der Waals surface area contributed by atoms with Gasteiger partial charge in [0.2, 0.25) is 11.9 Å². The predicted molar refractivity (Wildman–Crippen MR) is 83.7 cm³/mol. The zero-order valence-corrected chi connectivity index (χ0v) is 11.5. The number of carbonyl (C=O) groups is 1. The number of carbonyl (C=O) groups excluding carboxylic acids is 1. The summed E-state index contributed by atoms with van der Waals surface area (Å²) in [7, 11) is 0. The Balaban J connectivity index is 1.96. The fraction of sp³-hybridized carbons (Fsp3) is 0.0625. The highest BCUT2D eigenvalue weighted by molar-refractivity contribution is 5.89. The molecule has 0 atom stereocenters. The number of nitrogens with zero attached hydrogens (tertiary/aromatic N) is 2. The normalized spacial score (nSPS) is 10.5. The highest BCUT2D eigenvalue weighted by Gasteiger charge is 2.02. The number of fused-ring (bicyclic) bond motifs is 1. The Morgan fingerprint density at radius 3 is 2.52 bits per heavy atom. The van der Waals surface area contributed by atoms with Crippen LogP contribution in [0.15, 0.2) is 48.7 Å². The van der Waals surface area contributed by atoms with Crippen LogP contribution < -0.4 is 11.1 Å². The van der Waals surface area contributed by atoms with Gasteiger partial charge in [0.25, 0.3) is 0 Å². The Labute approximate surface area is 121 Å². The number of benzene rings is 2. The Bertz CT molecular complexity index is 812. The summed E-state index contributed by atoms with van der Waals surface area (Å²) in [6, 6.07) is 13.6. The molecule has 0 aliphatic carbocycles. The van der Waals surface area contributed by atoms with Crippen molar-refractivity contribution in [3.63, 3.8) is 0 Å². The lowest BCUT2D eigenvalue weighted by Gasteiger charge is -2.06. The number of nitrogens with two attached hydrogens (primary N) is 1. The molecule has 0 aliphatic heterocycles. The van der Waals surface area contributed by atoms with Crippen molar-refractivity contribution in [2.24, 2.45) is 0 Å². The number of hydrogen-bond acceptors (Lipinski definition) is 4. The molecule has 5 nitrogen and oxygen atoms in total. The molecule has 1 amide bonds. The number of rotatable bonds is 2. The van der Waals surface area contributed by atoms with Crippen LogP contribution in [0.1, 0.15) is 6.92 Å². The second-order valence-corrected chi connectivity index (χ2v) is 4.76. The van der Waals surface area contributed by atoms with E-state index in [9.17, 15) is 4.79 Å². The zero-order valence-electron chi connectivity index (χ0n) is 11.5. The quantitative estimate of drug-likeness (QED) is 0.755. The first-order chi connectivity index (χ1) is 10.1. The zero-order chi connectivity index (χ0) is 14.8. The first kappa shape index (κ1) is 13.1. The van der Waals surface area contributed by atoms with Gasteiger partial charge in [0.1, 0.15) is 0 Å². The topological polar surface area (TPSA) is 80.9 Å². The van der Waals surface area contributed by atoms with E-state index >= 15 is 0 Å². The van der Waals surface area contributed by atoms with Gasteiger partial charge in [-0.3, -0.25) is 4.79 Å². The molecule has 0 unspecified atom stereocenters. The van der Waals surface area contributed by atoms with Crippen molar-refractivity contribution in [3.05, 3.63) is 48.7 Å². The van der Waals surface area contributed by atoms with E-state index in [1.165, 1.54) is 6.92 Å². The van der Waals surface area contributed by atoms with Crippen molar-refractivity contribution in [3.8, 4) is 11.1 Å². The van der Waals surface area contributed by atoms with Gasteiger partial charge < -0.3 is 11.1 Å². The van der Waals surface area contributed by atoms with Crippen LogP contribution in [0.4, 0.5) is 11.6 Å². The number of nitrogens with one attached hydrogen (secondary N) is 1. The largest absolute Gasteiger partial charge is 0.368 e. The average Bonchev–Trinajstić information content (AvgIpc) is 2.47. The number of nitrogen functional groups attached to an aromatic ring is 1. The van der Waals surface area contributed by atoms with E-state index in [1.807, 2.05) is 42.5 Å². The molecule has 3 rings (SSSR count). The van der Waals surface area contributed by atoms with Crippen LogP contribution in [0.3, 0.4) is 0 Å². The van der Waals surface area contributed by atoms with Crippen LogP contribution >= 0.6 is 0 Å². The number of hydrogen-bond donors (Lipinski definition) is 2. The van der Waals surface area contributed by atoms with E-state index in [4.69, 9.17) is 5.73 Å². The van der Waals surface area contributed by atoms with Crippen LogP contribution in [0.5, 0.6) is 0 Å². The number of aromatic nitrogens is 2. The van der Waals surface area contributed by atoms with E-state index in [0.717, 1.165) is 27.7 Å². The lowest BCUT2D eigenvalue weighted by molar-refractivity contribution is -0.114. The van der Waals surface area contributed by atoms with Crippen molar-refractivity contribution in [2.75, 3.05) is 11.1 Å². The molecule has 0 bridgehead atoms. The first-order valence-electron chi connectivity index (χ1n) is 6.52. The van der Waals surface area contributed by atoms with Gasteiger partial charge in [0.05, 0.1) is 5.52 Å². The van der Waals surface area contributed by atoms with Crippen LogP contribution in [0.2, 0.25) is 0 Å². The molecule has 21 heavy (non-hydrogen) atoms. The summed E-state index contributed by atoms with van der Waals surface area (Å²) < 4.78 is 0. The first-order valence-corrected chi connectivity index (χ1v) is 6.52. The maximum Gasteiger partial charge on any atom is 0.221 e. The summed E-state index contributed by atoms with van der Waals surface area (Å²) in [6.45, 7) is 1.49. The summed E-state index contributed by atoms with van der Waals surface area (Å²) in [5.74, 6) is 0.193. The van der Waals surface area contributed by atoms with Gasteiger partial charge in [-0.1, -0.05) is 18.2 Å². The van der Waals surface area contributed by atoms with Crippen LogP contribution in [0, 0.1) is 0 Å². The molecule has 3 N–H and O–H groups in total. The SMILES string of the molecule is CC(=O)Nc1ccc(-c2ccc3nc(N)ncc3c2)cc1. The molecule has 2 aromatic carbocycles. The second-order valence-electron chi connectivity index (χ2n) is 4.76. The minimum atomic E-state index is -0.0804. The van der Waals surface area contributed by atoms with Crippen molar-refractivity contribution in [2.45, 2.75) is 6.92 Å². The minimum absolute atomic E-state index is 0.0804. The van der Waals surface area contributed by atoms with Gasteiger partial charge in [-0.2, -0.15) is 0 Å². The molecule has 3 aromatic rings. The van der Waals surface area contributed by atoms with Crippen molar-refractivity contribution in [1.29, 1.82) is 0 Å². The Hall–Kier alpha value is -2.95. The molecule has 0 saturated heterocycles. The minimum Gasteiger partial charge on any atom is -0.368 e. The molecule has 0 radical (unpaired) electrons. The van der Waals surface area contributed by atoms with Crippen LogP contribution in [-0.2, 0) is 4.79 Å². The molecule has 0 spiro atoms. The average molecular weight is 278 g/mol. The van der Waals surface area contributed by atoms with Gasteiger partial charge >= 0.3 is 0 Å². The third-order valence-corrected chi connectivity index (χ3v) is 3.14. The summed E-state index contributed by atoms with van der Waals surface area (Å²) in [6.07, 6.45) is 1.72. The Kier molecular flexibility index (Phi) is 3.23. The monoisotopic (exact) mass is 278 g/mol. The van der Waals surface area contributed by atoms with Crippen molar-refractivity contribution >= 4 is 28.4 Å². The van der Waals surface area contributed by atoms with Crippen LogP contribution in [-0.4, -0.2) is 15.9 Å². The lowest BCUT2D eigenvalue weighted by Crippen LogP contribution is -2.05. The summed E-state index contributed by atoms with van der Waals surface area (Å²) in [5, 5.41) is 3.68. The number of anilines is 2. The van der Waals surface area contributed by atoms with E-state index in [2.05, 4.69) is 15.3 Å². The van der Waals surface area contributed by atoms with Crippen molar-refractivity contribution < 1.29 is 4.79 Å². The molecule has 0 aliphatic rings. The summed E-state index contributed by atoms with van der Waals surface area (Å²) in [4.78, 5) is 19.2. The van der Waals surface area contributed by atoms with Gasteiger partial charge in [-0.15, -0.1) is 0 Å². The standard InChI is InChI=1S/C16H14N4O/c1-10(21)19-14-5-2-11(3-6-14)12-4-7-15-13(8-12)9-18-16(17)20-15/h2-9H,1H3,(H,19,21)(H2,17,18,20). The fourth-order valence-corrected chi connectivity index (χ4v) is 2.18. The lowest BCUT2D eigenvalue weighted by atomic mass is 10.0. The molecule has 1 heterocycles. The van der Waals surface area contributed by atoms with E-state index in [0.29, 0.717) is 0 Å².